The molecular weight excluding hydrogens is 290 g/mol. The first-order chi connectivity index (χ1) is 9.98. The van der Waals surface area contributed by atoms with Crippen LogP contribution in [0.1, 0.15) is 0 Å². The van der Waals surface area contributed by atoms with Crippen molar-refractivity contribution in [1.82, 2.24) is 9.21 Å². The molecule has 21 heavy (non-hydrogen) atoms. The number of benzene rings is 1. The quantitative estimate of drug-likeness (QED) is 0.636. The van der Waals surface area contributed by atoms with Crippen LogP contribution in [0.4, 0.5) is 5.69 Å². The minimum Gasteiger partial charge on any atom is -0.495 e. The number of hydrogen-bond donors (Lipinski definition) is 1. The highest BCUT2D eigenvalue weighted by Gasteiger charge is 2.28. The second-order valence-electron chi connectivity index (χ2n) is 4.79. The van der Waals surface area contributed by atoms with Gasteiger partial charge >= 0.3 is 0 Å². The monoisotopic (exact) mass is 309 g/mol. The van der Waals surface area contributed by atoms with E-state index in [1.54, 1.807) is 6.07 Å². The molecule has 1 aliphatic rings. The number of nitrogen functional groups attached to an aromatic ring is 1. The molecule has 1 aromatic carbocycles. The lowest BCUT2D eigenvalue weighted by Gasteiger charge is -2.32. The lowest BCUT2D eigenvalue weighted by atomic mass is 10.3. The van der Waals surface area contributed by atoms with E-state index in [1.807, 2.05) is 0 Å². The number of piperazine rings is 1. The second-order valence-corrected chi connectivity index (χ2v) is 6.73. The summed E-state index contributed by atoms with van der Waals surface area (Å²) in [7, 11) is -2.04. The number of rotatable bonds is 4. The van der Waals surface area contributed by atoms with Gasteiger partial charge in [0.05, 0.1) is 24.2 Å². The smallest absolute Gasteiger partial charge is 0.243 e. The number of methoxy groups -OCH3 is 1. The highest BCUT2D eigenvalue weighted by Crippen LogP contribution is 2.26. The van der Waals surface area contributed by atoms with E-state index in [0.29, 0.717) is 44.2 Å². The molecule has 0 aliphatic carbocycles. The molecule has 1 aromatic rings. The van der Waals surface area contributed by atoms with Crippen LogP contribution in [0, 0.1) is 12.3 Å². The molecule has 0 radical (unpaired) electrons. The molecule has 1 heterocycles. The van der Waals surface area contributed by atoms with E-state index in [4.69, 9.17) is 16.9 Å². The zero-order valence-corrected chi connectivity index (χ0v) is 12.8. The van der Waals surface area contributed by atoms with Crippen LogP contribution in [0.25, 0.3) is 0 Å². The van der Waals surface area contributed by atoms with E-state index in [9.17, 15) is 8.42 Å². The predicted molar refractivity (Wildman–Crippen MR) is 81.4 cm³/mol. The number of ether oxygens (including phenoxy) is 1. The summed E-state index contributed by atoms with van der Waals surface area (Å²) in [5.74, 6) is 3.04. The van der Waals surface area contributed by atoms with Crippen LogP contribution >= 0.6 is 0 Å². The van der Waals surface area contributed by atoms with Crippen molar-refractivity contribution in [3.8, 4) is 18.1 Å². The molecule has 6 nitrogen and oxygen atoms in total. The molecule has 114 valence electrons. The summed E-state index contributed by atoms with van der Waals surface area (Å²) in [4.78, 5) is 2.24. The minimum atomic E-state index is -3.53. The largest absolute Gasteiger partial charge is 0.495 e. The Kier molecular flexibility index (Phi) is 4.73. The predicted octanol–water partition coefficient (Wildman–Crippen LogP) is 0.217. The van der Waals surface area contributed by atoms with Gasteiger partial charge in [-0.15, -0.1) is 6.42 Å². The summed E-state index contributed by atoms with van der Waals surface area (Å²) in [6.45, 7) is 2.67. The van der Waals surface area contributed by atoms with Crippen LogP contribution in [0.3, 0.4) is 0 Å². The van der Waals surface area contributed by atoms with Gasteiger partial charge in [-0.1, -0.05) is 5.92 Å². The third kappa shape index (κ3) is 3.29. The standard InChI is InChI=1S/C14H19N3O3S/c1-3-6-16-7-9-17(10-8-16)21(18,19)12-4-5-14(20-2)13(15)11-12/h1,4-5,11H,6-10,15H2,2H3. The van der Waals surface area contributed by atoms with Crippen LogP contribution in [-0.2, 0) is 10.0 Å². The van der Waals surface area contributed by atoms with Gasteiger partial charge < -0.3 is 10.5 Å². The lowest BCUT2D eigenvalue weighted by molar-refractivity contribution is 0.207. The van der Waals surface area contributed by atoms with Crippen molar-refractivity contribution in [2.24, 2.45) is 0 Å². The Morgan fingerprint density at radius 3 is 2.52 bits per heavy atom. The van der Waals surface area contributed by atoms with Crippen molar-refractivity contribution in [2.75, 3.05) is 45.6 Å². The van der Waals surface area contributed by atoms with E-state index >= 15 is 0 Å². The zero-order chi connectivity index (χ0) is 15.5. The van der Waals surface area contributed by atoms with Crippen LogP contribution in [-0.4, -0.2) is 57.5 Å². The Bertz CT molecular complexity index is 644. The summed E-state index contributed by atoms with van der Waals surface area (Å²) in [5.41, 5.74) is 6.09. The Hall–Kier alpha value is -1.75. The van der Waals surface area contributed by atoms with E-state index in [0.717, 1.165) is 0 Å². The number of sulfonamides is 1. The molecule has 2 N–H and O–H groups in total. The van der Waals surface area contributed by atoms with Gasteiger partial charge in [-0.2, -0.15) is 4.31 Å². The van der Waals surface area contributed by atoms with Crippen molar-refractivity contribution < 1.29 is 13.2 Å². The first kappa shape index (κ1) is 15.6. The fourth-order valence-electron chi connectivity index (χ4n) is 2.28. The van der Waals surface area contributed by atoms with E-state index in [-0.39, 0.29) is 4.90 Å². The summed E-state index contributed by atoms with van der Waals surface area (Å²) in [6, 6.07) is 4.51. The molecule has 0 spiro atoms. The average molecular weight is 309 g/mol. The van der Waals surface area contributed by atoms with E-state index in [1.165, 1.54) is 23.5 Å². The molecule has 0 unspecified atom stereocenters. The van der Waals surface area contributed by atoms with Gasteiger partial charge in [0, 0.05) is 26.2 Å². The molecule has 0 bridgehead atoms. The molecular formula is C14H19N3O3S. The third-order valence-corrected chi connectivity index (χ3v) is 5.38. The minimum absolute atomic E-state index is 0.186. The topological polar surface area (TPSA) is 75.9 Å². The molecule has 0 aromatic heterocycles. The first-order valence-electron chi connectivity index (χ1n) is 6.58. The summed E-state index contributed by atoms with van der Waals surface area (Å²) in [6.07, 6.45) is 5.27. The maximum absolute atomic E-state index is 12.6. The lowest BCUT2D eigenvalue weighted by Crippen LogP contribution is -2.48. The fourth-order valence-corrected chi connectivity index (χ4v) is 3.74. The van der Waals surface area contributed by atoms with Crippen LogP contribution in [0.5, 0.6) is 5.75 Å². The first-order valence-corrected chi connectivity index (χ1v) is 8.02. The average Bonchev–Trinajstić information content (AvgIpc) is 2.48. The Labute approximate surface area is 125 Å². The molecule has 1 saturated heterocycles. The van der Waals surface area contributed by atoms with Crippen molar-refractivity contribution in [1.29, 1.82) is 0 Å². The zero-order valence-electron chi connectivity index (χ0n) is 11.9. The van der Waals surface area contributed by atoms with Crippen molar-refractivity contribution in [3.63, 3.8) is 0 Å². The second kappa shape index (κ2) is 6.35. The van der Waals surface area contributed by atoms with Crippen LogP contribution in [0.15, 0.2) is 23.1 Å². The highest BCUT2D eigenvalue weighted by molar-refractivity contribution is 7.89. The molecule has 2 rings (SSSR count). The number of hydrogen-bond acceptors (Lipinski definition) is 5. The summed E-state index contributed by atoms with van der Waals surface area (Å²) < 4.78 is 31.6. The molecule has 0 atom stereocenters. The molecule has 0 amide bonds. The molecule has 7 heteroatoms. The normalized spacial score (nSPS) is 17.3. The Morgan fingerprint density at radius 1 is 1.33 bits per heavy atom. The number of nitrogens with two attached hydrogens (primary N) is 1. The number of terminal acetylenes is 1. The summed E-state index contributed by atoms with van der Waals surface area (Å²) in [5, 5.41) is 0. The maximum atomic E-state index is 12.6. The Morgan fingerprint density at radius 2 is 2.00 bits per heavy atom. The fraction of sp³-hybridized carbons (Fsp3) is 0.429. The van der Waals surface area contributed by atoms with Gasteiger partial charge in [-0.25, -0.2) is 8.42 Å². The maximum Gasteiger partial charge on any atom is 0.243 e. The van der Waals surface area contributed by atoms with E-state index in [2.05, 4.69) is 10.8 Å². The van der Waals surface area contributed by atoms with Crippen LogP contribution in [0.2, 0.25) is 0 Å². The van der Waals surface area contributed by atoms with Gasteiger partial charge in [-0.3, -0.25) is 4.90 Å². The Balaban J connectivity index is 2.16. The van der Waals surface area contributed by atoms with Gasteiger partial charge in [0.25, 0.3) is 0 Å². The van der Waals surface area contributed by atoms with Crippen molar-refractivity contribution in [3.05, 3.63) is 18.2 Å². The van der Waals surface area contributed by atoms with E-state index < -0.39 is 10.0 Å². The van der Waals surface area contributed by atoms with Crippen LogP contribution < -0.4 is 10.5 Å². The van der Waals surface area contributed by atoms with Crippen molar-refractivity contribution in [2.45, 2.75) is 4.90 Å². The molecule has 1 aliphatic heterocycles. The highest BCUT2D eigenvalue weighted by atomic mass is 32.2. The third-order valence-electron chi connectivity index (χ3n) is 3.49. The molecule has 0 saturated carbocycles. The molecule has 1 fully saturated rings. The number of anilines is 1. The SMILES string of the molecule is C#CCN1CCN(S(=O)(=O)c2ccc(OC)c(N)c2)CC1. The van der Waals surface area contributed by atoms with Crippen molar-refractivity contribution >= 4 is 15.7 Å². The van der Waals surface area contributed by atoms with Gasteiger partial charge in [-0.05, 0) is 18.2 Å². The van der Waals surface area contributed by atoms with Gasteiger partial charge in [0.2, 0.25) is 10.0 Å². The number of nitrogens with zero attached hydrogens (tertiary/aromatic N) is 2. The van der Waals surface area contributed by atoms with Gasteiger partial charge in [0.15, 0.2) is 0 Å². The summed E-state index contributed by atoms with van der Waals surface area (Å²) >= 11 is 0. The van der Waals surface area contributed by atoms with Gasteiger partial charge in [0.1, 0.15) is 5.75 Å².